The minimum absolute atomic E-state index is 0.600. The highest BCUT2D eigenvalue weighted by Crippen LogP contribution is 2.30. The van der Waals surface area contributed by atoms with E-state index in [1.165, 1.54) is 0 Å². The van der Waals surface area contributed by atoms with Crippen LogP contribution in [0.1, 0.15) is 5.56 Å². The number of hydrogen-bond donors (Lipinski definition) is 1. The molecule has 0 aromatic heterocycles. The van der Waals surface area contributed by atoms with Gasteiger partial charge in [0.25, 0.3) is 0 Å². The van der Waals surface area contributed by atoms with Crippen LogP contribution >= 0.6 is 23.2 Å². The van der Waals surface area contributed by atoms with E-state index < -0.39 is 0 Å². The summed E-state index contributed by atoms with van der Waals surface area (Å²) in [4.78, 5) is 0. The van der Waals surface area contributed by atoms with E-state index in [0.717, 1.165) is 18.5 Å². The molecule has 1 aromatic rings. The third-order valence-electron chi connectivity index (χ3n) is 1.97. The number of rotatable bonds is 4. The van der Waals surface area contributed by atoms with Crippen LogP contribution in [0.2, 0.25) is 10.0 Å². The molecule has 14 heavy (non-hydrogen) atoms. The molecule has 1 N–H and O–H groups in total. The average Bonchev–Trinajstić information content (AvgIpc) is 2.18. The van der Waals surface area contributed by atoms with Gasteiger partial charge in [0, 0.05) is 11.1 Å². The van der Waals surface area contributed by atoms with Crippen LogP contribution in [0.3, 0.4) is 0 Å². The smallest absolute Gasteiger partial charge is 0.138 e. The molecule has 0 amide bonds. The molecule has 4 heteroatoms. The second kappa shape index (κ2) is 5.44. The summed E-state index contributed by atoms with van der Waals surface area (Å²) in [6.07, 6.45) is 0.860. The fourth-order valence-corrected chi connectivity index (χ4v) is 1.69. The third-order valence-corrected chi connectivity index (χ3v) is 2.61. The van der Waals surface area contributed by atoms with Crippen molar-refractivity contribution in [2.24, 2.45) is 0 Å². The van der Waals surface area contributed by atoms with Crippen molar-refractivity contribution in [3.8, 4) is 5.75 Å². The van der Waals surface area contributed by atoms with Gasteiger partial charge in [0.05, 0.1) is 12.1 Å². The Morgan fingerprint density at radius 3 is 2.57 bits per heavy atom. The normalized spacial score (nSPS) is 10.3. The van der Waals surface area contributed by atoms with Crippen LogP contribution in [0.25, 0.3) is 0 Å². The molecule has 0 fully saturated rings. The summed E-state index contributed by atoms with van der Waals surface area (Å²) >= 11 is 12.0. The molecule has 0 spiro atoms. The molecule has 0 heterocycles. The van der Waals surface area contributed by atoms with Gasteiger partial charge < -0.3 is 10.1 Å². The van der Waals surface area contributed by atoms with Crippen LogP contribution < -0.4 is 10.1 Å². The monoisotopic (exact) mass is 233 g/mol. The number of hydrogen-bond acceptors (Lipinski definition) is 2. The van der Waals surface area contributed by atoms with Gasteiger partial charge >= 0.3 is 0 Å². The number of methoxy groups -OCH3 is 1. The first-order valence-electron chi connectivity index (χ1n) is 4.35. The molecule has 1 rings (SSSR count). The molecule has 78 valence electrons. The van der Waals surface area contributed by atoms with Gasteiger partial charge in [-0.1, -0.05) is 23.2 Å². The van der Waals surface area contributed by atoms with E-state index in [1.807, 2.05) is 13.1 Å². The zero-order chi connectivity index (χ0) is 10.6. The van der Waals surface area contributed by atoms with E-state index in [2.05, 4.69) is 5.32 Å². The Labute approximate surface area is 94.2 Å². The van der Waals surface area contributed by atoms with Gasteiger partial charge in [0.1, 0.15) is 5.75 Å². The van der Waals surface area contributed by atoms with E-state index in [0.29, 0.717) is 15.8 Å². The van der Waals surface area contributed by atoms with E-state index in [-0.39, 0.29) is 0 Å². The second-order valence-electron chi connectivity index (χ2n) is 2.93. The number of likely N-dealkylation sites (N-methyl/N-ethyl adjacent to an activating group) is 1. The fraction of sp³-hybridized carbons (Fsp3) is 0.400. The highest BCUT2D eigenvalue weighted by atomic mass is 35.5. The van der Waals surface area contributed by atoms with Crippen LogP contribution in [-0.2, 0) is 6.42 Å². The van der Waals surface area contributed by atoms with Gasteiger partial charge in [0.15, 0.2) is 0 Å². The first-order chi connectivity index (χ1) is 6.69. The first-order valence-corrected chi connectivity index (χ1v) is 5.11. The summed E-state index contributed by atoms with van der Waals surface area (Å²) in [7, 11) is 3.48. The zero-order valence-corrected chi connectivity index (χ0v) is 9.74. The van der Waals surface area contributed by atoms with E-state index in [1.54, 1.807) is 13.2 Å². The topological polar surface area (TPSA) is 21.3 Å². The maximum atomic E-state index is 6.05. The summed E-state index contributed by atoms with van der Waals surface area (Å²) in [5.74, 6) is 0.616. The van der Waals surface area contributed by atoms with Crippen LogP contribution in [0.15, 0.2) is 12.1 Å². The molecule has 0 aliphatic carbocycles. The van der Waals surface area contributed by atoms with Crippen molar-refractivity contribution >= 4 is 23.2 Å². The number of benzene rings is 1. The van der Waals surface area contributed by atoms with Crippen LogP contribution in [0.4, 0.5) is 0 Å². The number of halogens is 2. The van der Waals surface area contributed by atoms with E-state index in [9.17, 15) is 0 Å². The Hall–Kier alpha value is -0.440. The van der Waals surface area contributed by atoms with Crippen molar-refractivity contribution in [3.05, 3.63) is 27.7 Å². The second-order valence-corrected chi connectivity index (χ2v) is 3.75. The van der Waals surface area contributed by atoms with E-state index in [4.69, 9.17) is 27.9 Å². The lowest BCUT2D eigenvalue weighted by Crippen LogP contribution is -2.10. The summed E-state index contributed by atoms with van der Waals surface area (Å²) in [5, 5.41) is 4.35. The van der Waals surface area contributed by atoms with Gasteiger partial charge in [-0.3, -0.25) is 0 Å². The molecule has 1 aromatic carbocycles. The summed E-state index contributed by atoms with van der Waals surface area (Å²) in [6.45, 7) is 0.877. The lowest BCUT2D eigenvalue weighted by atomic mass is 10.1. The van der Waals surface area contributed by atoms with Crippen molar-refractivity contribution in [3.63, 3.8) is 0 Å². The van der Waals surface area contributed by atoms with Crippen LogP contribution in [0.5, 0.6) is 5.75 Å². The van der Waals surface area contributed by atoms with Gasteiger partial charge in [-0.05, 0) is 31.6 Å². The lowest BCUT2D eigenvalue weighted by Gasteiger charge is -2.08. The number of nitrogens with one attached hydrogen (secondary N) is 1. The third kappa shape index (κ3) is 2.77. The molecule has 0 bridgehead atoms. The maximum Gasteiger partial charge on any atom is 0.138 e. The highest BCUT2D eigenvalue weighted by molar-refractivity contribution is 6.34. The molecular formula is C10H13Cl2NO. The zero-order valence-electron chi connectivity index (χ0n) is 8.23. The summed E-state index contributed by atoms with van der Waals surface area (Å²) in [5.41, 5.74) is 1.03. The van der Waals surface area contributed by atoms with Gasteiger partial charge in [-0.25, -0.2) is 0 Å². The SMILES string of the molecule is CNCCc1cc(Cl)c(OC)cc1Cl. The molecular weight excluding hydrogens is 221 g/mol. The van der Waals surface area contributed by atoms with Crippen molar-refractivity contribution < 1.29 is 4.74 Å². The molecule has 0 unspecified atom stereocenters. The van der Waals surface area contributed by atoms with Crippen molar-refractivity contribution in [1.82, 2.24) is 5.32 Å². The molecule has 0 aliphatic rings. The summed E-state index contributed by atoms with van der Waals surface area (Å²) < 4.78 is 5.05. The predicted molar refractivity (Wildman–Crippen MR) is 60.6 cm³/mol. The van der Waals surface area contributed by atoms with Gasteiger partial charge in [-0.15, -0.1) is 0 Å². The van der Waals surface area contributed by atoms with Crippen LogP contribution in [0, 0.1) is 0 Å². The fourth-order valence-electron chi connectivity index (χ4n) is 1.18. The molecule has 0 aliphatic heterocycles. The average molecular weight is 234 g/mol. The molecule has 0 radical (unpaired) electrons. The van der Waals surface area contributed by atoms with E-state index >= 15 is 0 Å². The van der Waals surface area contributed by atoms with Gasteiger partial charge in [0.2, 0.25) is 0 Å². The van der Waals surface area contributed by atoms with Crippen LogP contribution in [-0.4, -0.2) is 20.7 Å². The molecule has 0 saturated heterocycles. The minimum atomic E-state index is 0.600. The Kier molecular flexibility index (Phi) is 4.52. The quantitative estimate of drug-likeness (QED) is 0.864. The highest BCUT2D eigenvalue weighted by Gasteiger charge is 2.06. The minimum Gasteiger partial charge on any atom is -0.495 e. The summed E-state index contributed by atoms with van der Waals surface area (Å²) in [6, 6.07) is 3.59. The predicted octanol–water partition coefficient (Wildman–Crippen LogP) is 2.76. The maximum absolute atomic E-state index is 6.05. The van der Waals surface area contributed by atoms with Crippen molar-refractivity contribution in [2.75, 3.05) is 20.7 Å². The molecule has 2 nitrogen and oxygen atoms in total. The Morgan fingerprint density at radius 2 is 2.00 bits per heavy atom. The Morgan fingerprint density at radius 1 is 1.29 bits per heavy atom. The van der Waals surface area contributed by atoms with Crippen molar-refractivity contribution in [1.29, 1.82) is 0 Å². The standard InChI is InChI=1S/C10H13Cl2NO/c1-13-4-3-7-5-9(12)10(14-2)6-8(7)11/h5-6,13H,3-4H2,1-2H3. The number of ether oxygens (including phenoxy) is 1. The largest absolute Gasteiger partial charge is 0.495 e. The Bertz CT molecular complexity index is 315. The van der Waals surface area contributed by atoms with Gasteiger partial charge in [-0.2, -0.15) is 0 Å². The Balaban J connectivity index is 2.90. The lowest BCUT2D eigenvalue weighted by molar-refractivity contribution is 0.415. The first kappa shape index (κ1) is 11.6. The molecule has 0 saturated carbocycles. The molecule has 0 atom stereocenters. The van der Waals surface area contributed by atoms with Crippen molar-refractivity contribution in [2.45, 2.75) is 6.42 Å².